The Morgan fingerprint density at radius 1 is 1.08 bits per heavy atom. The van der Waals surface area contributed by atoms with E-state index < -0.39 is 17.6 Å². The van der Waals surface area contributed by atoms with E-state index in [0.717, 1.165) is 16.5 Å². The van der Waals surface area contributed by atoms with Gasteiger partial charge in [-0.15, -0.1) is 0 Å². The molecule has 0 saturated carbocycles. The Kier molecular flexibility index (Phi) is 4.84. The van der Waals surface area contributed by atoms with Crippen molar-refractivity contribution in [1.29, 1.82) is 0 Å². The van der Waals surface area contributed by atoms with Gasteiger partial charge in [0.15, 0.2) is 0 Å². The Labute approximate surface area is 150 Å². The molecule has 134 valence electrons. The minimum Gasteiger partial charge on any atom is -0.326 e. The van der Waals surface area contributed by atoms with Crippen LogP contribution in [0.5, 0.6) is 0 Å². The fourth-order valence-electron chi connectivity index (χ4n) is 2.88. The molecule has 0 unspecified atom stereocenters. The highest BCUT2D eigenvalue weighted by Gasteiger charge is 2.37. The second kappa shape index (κ2) is 7.07. The zero-order chi connectivity index (χ0) is 18.8. The molecule has 3 amide bonds. The van der Waals surface area contributed by atoms with Crippen LogP contribution < -0.4 is 5.32 Å². The number of benzene rings is 2. The molecule has 0 radical (unpaired) electrons. The van der Waals surface area contributed by atoms with Crippen molar-refractivity contribution in [2.75, 3.05) is 11.9 Å². The Hall–Kier alpha value is -3.02. The number of halogens is 1. The molecule has 1 heterocycles. The van der Waals surface area contributed by atoms with E-state index >= 15 is 0 Å². The SMILES string of the molecule is CC(C)c1ccc(NC(=O)CCN2C(=O)c3cccc(F)c3C2=O)cc1. The smallest absolute Gasteiger partial charge is 0.264 e. The standard InChI is InChI=1S/C20H19FN2O3/c1-12(2)13-6-8-14(9-7-13)22-17(24)10-11-23-19(25)15-4-3-5-16(21)18(15)20(23)26/h3-9,12H,10-11H2,1-2H3,(H,22,24). The van der Waals surface area contributed by atoms with Crippen LogP contribution in [0.15, 0.2) is 42.5 Å². The molecule has 0 atom stereocenters. The molecule has 0 spiro atoms. The van der Waals surface area contributed by atoms with Crippen LogP contribution in [0.3, 0.4) is 0 Å². The van der Waals surface area contributed by atoms with Crippen LogP contribution in [0.1, 0.15) is 52.5 Å². The zero-order valence-corrected chi connectivity index (χ0v) is 14.6. The first-order valence-corrected chi connectivity index (χ1v) is 8.43. The number of amides is 3. The molecule has 26 heavy (non-hydrogen) atoms. The molecule has 0 fully saturated rings. The Bertz CT molecular complexity index is 875. The summed E-state index contributed by atoms with van der Waals surface area (Å²) in [7, 11) is 0. The van der Waals surface area contributed by atoms with Gasteiger partial charge in [0.25, 0.3) is 11.8 Å². The molecule has 2 aromatic carbocycles. The van der Waals surface area contributed by atoms with Crippen molar-refractivity contribution >= 4 is 23.4 Å². The Morgan fingerprint density at radius 2 is 1.77 bits per heavy atom. The lowest BCUT2D eigenvalue weighted by atomic mass is 10.0. The highest BCUT2D eigenvalue weighted by atomic mass is 19.1. The maximum atomic E-state index is 13.8. The van der Waals surface area contributed by atoms with Crippen molar-refractivity contribution in [3.63, 3.8) is 0 Å². The molecule has 1 N–H and O–H groups in total. The summed E-state index contributed by atoms with van der Waals surface area (Å²) in [5.74, 6) is -1.91. The first-order valence-electron chi connectivity index (χ1n) is 8.43. The maximum Gasteiger partial charge on any atom is 0.264 e. The van der Waals surface area contributed by atoms with Crippen LogP contribution in [0.2, 0.25) is 0 Å². The Morgan fingerprint density at radius 3 is 2.38 bits per heavy atom. The number of nitrogens with zero attached hydrogens (tertiary/aromatic N) is 1. The fourth-order valence-corrected chi connectivity index (χ4v) is 2.88. The van der Waals surface area contributed by atoms with E-state index in [1.54, 1.807) is 0 Å². The molecule has 1 aliphatic rings. The highest BCUT2D eigenvalue weighted by Crippen LogP contribution is 2.25. The summed E-state index contributed by atoms with van der Waals surface area (Å²) in [5.41, 5.74) is 1.63. The number of carbonyl (C=O) groups excluding carboxylic acids is 3. The molecular weight excluding hydrogens is 335 g/mol. The predicted octanol–water partition coefficient (Wildman–Crippen LogP) is 3.57. The lowest BCUT2D eigenvalue weighted by Crippen LogP contribution is -2.33. The highest BCUT2D eigenvalue weighted by molar-refractivity contribution is 6.21. The summed E-state index contributed by atoms with van der Waals surface area (Å²) in [6, 6.07) is 11.4. The van der Waals surface area contributed by atoms with Gasteiger partial charge in [-0.2, -0.15) is 0 Å². The van der Waals surface area contributed by atoms with Gasteiger partial charge in [0, 0.05) is 18.7 Å². The van der Waals surface area contributed by atoms with E-state index in [2.05, 4.69) is 19.2 Å². The van der Waals surface area contributed by atoms with Gasteiger partial charge in [0.05, 0.1) is 11.1 Å². The number of imide groups is 1. The predicted molar refractivity (Wildman–Crippen MR) is 95.5 cm³/mol. The lowest BCUT2D eigenvalue weighted by Gasteiger charge is -2.14. The third kappa shape index (κ3) is 3.35. The number of rotatable bonds is 5. The number of anilines is 1. The van der Waals surface area contributed by atoms with Crippen molar-refractivity contribution in [2.45, 2.75) is 26.2 Å². The number of nitrogens with one attached hydrogen (secondary N) is 1. The van der Waals surface area contributed by atoms with Crippen LogP contribution in [0.4, 0.5) is 10.1 Å². The van der Waals surface area contributed by atoms with Gasteiger partial charge in [-0.25, -0.2) is 4.39 Å². The molecule has 3 rings (SSSR count). The van der Waals surface area contributed by atoms with Gasteiger partial charge >= 0.3 is 0 Å². The van der Waals surface area contributed by atoms with Crippen molar-refractivity contribution in [2.24, 2.45) is 0 Å². The van der Waals surface area contributed by atoms with Gasteiger partial charge in [0.2, 0.25) is 5.91 Å². The van der Waals surface area contributed by atoms with Crippen molar-refractivity contribution in [3.8, 4) is 0 Å². The molecule has 0 bridgehead atoms. The van der Waals surface area contributed by atoms with Gasteiger partial charge in [-0.1, -0.05) is 32.0 Å². The largest absolute Gasteiger partial charge is 0.326 e. The quantitative estimate of drug-likeness (QED) is 0.835. The van der Waals surface area contributed by atoms with Crippen molar-refractivity contribution in [1.82, 2.24) is 4.90 Å². The van der Waals surface area contributed by atoms with Crippen molar-refractivity contribution in [3.05, 3.63) is 65.0 Å². The van der Waals surface area contributed by atoms with Crippen LogP contribution in [-0.4, -0.2) is 29.2 Å². The van der Waals surface area contributed by atoms with Gasteiger partial charge in [0.1, 0.15) is 5.82 Å². The zero-order valence-electron chi connectivity index (χ0n) is 14.6. The van der Waals surface area contributed by atoms with E-state index in [-0.39, 0.29) is 30.0 Å². The summed E-state index contributed by atoms with van der Waals surface area (Å²) < 4.78 is 13.8. The third-order valence-electron chi connectivity index (χ3n) is 4.37. The summed E-state index contributed by atoms with van der Waals surface area (Å²) in [5, 5.41) is 2.73. The maximum absolute atomic E-state index is 13.8. The Balaban J connectivity index is 1.61. The minimum atomic E-state index is -0.724. The molecule has 0 aromatic heterocycles. The molecular formula is C20H19FN2O3. The van der Waals surface area contributed by atoms with Crippen LogP contribution >= 0.6 is 0 Å². The van der Waals surface area contributed by atoms with Crippen molar-refractivity contribution < 1.29 is 18.8 Å². The monoisotopic (exact) mass is 354 g/mol. The topological polar surface area (TPSA) is 66.5 Å². The number of carbonyl (C=O) groups is 3. The van der Waals surface area contributed by atoms with Crippen LogP contribution in [0, 0.1) is 5.82 Å². The molecule has 6 heteroatoms. The average molecular weight is 354 g/mol. The lowest BCUT2D eigenvalue weighted by molar-refractivity contribution is -0.116. The molecule has 0 aliphatic carbocycles. The van der Waals surface area contributed by atoms with Gasteiger partial charge < -0.3 is 5.32 Å². The second-order valence-corrected chi connectivity index (χ2v) is 6.50. The fraction of sp³-hybridized carbons (Fsp3) is 0.250. The van der Waals surface area contributed by atoms with E-state index in [1.165, 1.54) is 12.1 Å². The minimum absolute atomic E-state index is 0.0414. The van der Waals surface area contributed by atoms with E-state index in [4.69, 9.17) is 0 Å². The number of hydrogen-bond acceptors (Lipinski definition) is 3. The van der Waals surface area contributed by atoms with E-state index in [9.17, 15) is 18.8 Å². The molecule has 2 aromatic rings. The molecule has 5 nitrogen and oxygen atoms in total. The number of hydrogen-bond donors (Lipinski definition) is 1. The summed E-state index contributed by atoms with van der Waals surface area (Å²) >= 11 is 0. The first-order chi connectivity index (χ1) is 12.4. The van der Waals surface area contributed by atoms with Crippen LogP contribution in [0.25, 0.3) is 0 Å². The normalized spacial score (nSPS) is 13.3. The first kappa shape index (κ1) is 17.8. The van der Waals surface area contributed by atoms with E-state index in [1.807, 2.05) is 24.3 Å². The van der Waals surface area contributed by atoms with Gasteiger partial charge in [-0.05, 0) is 35.7 Å². The number of fused-ring (bicyclic) bond motifs is 1. The van der Waals surface area contributed by atoms with Crippen LogP contribution in [-0.2, 0) is 4.79 Å². The van der Waals surface area contributed by atoms with E-state index in [0.29, 0.717) is 11.6 Å². The summed E-state index contributed by atoms with van der Waals surface area (Å²) in [6.07, 6.45) is -0.0565. The summed E-state index contributed by atoms with van der Waals surface area (Å²) in [4.78, 5) is 37.5. The van der Waals surface area contributed by atoms with Gasteiger partial charge in [-0.3, -0.25) is 19.3 Å². The average Bonchev–Trinajstić information content (AvgIpc) is 2.85. The third-order valence-corrected chi connectivity index (χ3v) is 4.37. The second-order valence-electron chi connectivity index (χ2n) is 6.50. The molecule has 0 saturated heterocycles. The molecule has 1 aliphatic heterocycles. The summed E-state index contributed by atoms with van der Waals surface area (Å²) in [6.45, 7) is 4.07.